The third kappa shape index (κ3) is 3.82. The van der Waals surface area contributed by atoms with Gasteiger partial charge >= 0.3 is 0 Å². The SMILES string of the molecule is Cc1cccnc1C1CCCC(c2ccccn2)N1CCCCN. The molecule has 24 heavy (non-hydrogen) atoms. The van der Waals surface area contributed by atoms with Gasteiger partial charge in [-0.2, -0.15) is 0 Å². The molecular weight excluding hydrogens is 296 g/mol. The van der Waals surface area contributed by atoms with Crippen LogP contribution in [0.4, 0.5) is 0 Å². The quantitative estimate of drug-likeness (QED) is 0.821. The van der Waals surface area contributed by atoms with Gasteiger partial charge in [-0.05, 0) is 75.9 Å². The Morgan fingerprint density at radius 3 is 2.62 bits per heavy atom. The van der Waals surface area contributed by atoms with E-state index in [1.807, 2.05) is 24.5 Å². The molecule has 1 saturated heterocycles. The summed E-state index contributed by atoms with van der Waals surface area (Å²) in [4.78, 5) is 12.0. The first-order valence-corrected chi connectivity index (χ1v) is 9.09. The van der Waals surface area contributed by atoms with Gasteiger partial charge in [-0.1, -0.05) is 12.1 Å². The molecule has 0 aliphatic carbocycles. The van der Waals surface area contributed by atoms with Gasteiger partial charge < -0.3 is 5.73 Å². The summed E-state index contributed by atoms with van der Waals surface area (Å²) in [6, 6.07) is 11.2. The summed E-state index contributed by atoms with van der Waals surface area (Å²) in [6.07, 6.45) is 9.58. The van der Waals surface area contributed by atoms with Crippen LogP contribution in [-0.4, -0.2) is 28.0 Å². The average molecular weight is 324 g/mol. The highest BCUT2D eigenvalue weighted by Gasteiger charge is 2.34. The van der Waals surface area contributed by atoms with E-state index in [4.69, 9.17) is 10.7 Å². The van der Waals surface area contributed by atoms with Crippen molar-refractivity contribution < 1.29 is 0 Å². The summed E-state index contributed by atoms with van der Waals surface area (Å²) in [5.74, 6) is 0. The fourth-order valence-corrected chi connectivity index (χ4v) is 3.84. The number of nitrogens with zero attached hydrogens (tertiary/aromatic N) is 3. The van der Waals surface area contributed by atoms with Crippen molar-refractivity contribution in [2.45, 2.75) is 51.1 Å². The van der Waals surface area contributed by atoms with E-state index >= 15 is 0 Å². The lowest BCUT2D eigenvalue weighted by Gasteiger charge is -2.42. The van der Waals surface area contributed by atoms with E-state index in [1.54, 1.807) is 0 Å². The molecule has 1 aliphatic heterocycles. The number of aryl methyl sites for hydroxylation is 1. The van der Waals surface area contributed by atoms with Crippen molar-refractivity contribution in [1.82, 2.24) is 14.9 Å². The van der Waals surface area contributed by atoms with Crippen LogP contribution in [0.1, 0.15) is 61.1 Å². The van der Waals surface area contributed by atoms with Crippen molar-refractivity contribution in [1.29, 1.82) is 0 Å². The highest BCUT2D eigenvalue weighted by molar-refractivity contribution is 5.23. The maximum absolute atomic E-state index is 5.72. The van der Waals surface area contributed by atoms with Crippen LogP contribution in [-0.2, 0) is 0 Å². The Labute approximate surface area is 145 Å². The predicted molar refractivity (Wildman–Crippen MR) is 97.5 cm³/mol. The van der Waals surface area contributed by atoms with E-state index in [0.29, 0.717) is 12.1 Å². The molecule has 2 atom stereocenters. The number of rotatable bonds is 6. The van der Waals surface area contributed by atoms with Crippen LogP contribution in [0, 0.1) is 6.92 Å². The minimum Gasteiger partial charge on any atom is -0.330 e. The fraction of sp³-hybridized carbons (Fsp3) is 0.500. The molecule has 3 heterocycles. The number of nitrogens with two attached hydrogens (primary N) is 1. The smallest absolute Gasteiger partial charge is 0.0604 e. The summed E-state index contributed by atoms with van der Waals surface area (Å²) >= 11 is 0. The lowest BCUT2D eigenvalue weighted by molar-refractivity contribution is 0.0748. The molecular formula is C20H28N4. The molecule has 3 rings (SSSR count). The molecule has 4 nitrogen and oxygen atoms in total. The predicted octanol–water partition coefficient (Wildman–Crippen LogP) is 3.79. The molecule has 128 valence electrons. The Morgan fingerprint density at radius 1 is 1.04 bits per heavy atom. The van der Waals surface area contributed by atoms with Crippen molar-refractivity contribution in [2.24, 2.45) is 5.73 Å². The molecule has 2 N–H and O–H groups in total. The van der Waals surface area contributed by atoms with Crippen LogP contribution < -0.4 is 5.73 Å². The van der Waals surface area contributed by atoms with Crippen LogP contribution in [0.3, 0.4) is 0 Å². The lowest BCUT2D eigenvalue weighted by Crippen LogP contribution is -2.38. The van der Waals surface area contributed by atoms with Crippen LogP contribution in [0.25, 0.3) is 0 Å². The van der Waals surface area contributed by atoms with Crippen molar-refractivity contribution in [3.63, 3.8) is 0 Å². The van der Waals surface area contributed by atoms with Gasteiger partial charge in [0.2, 0.25) is 0 Å². The van der Waals surface area contributed by atoms with Crippen LogP contribution >= 0.6 is 0 Å². The zero-order chi connectivity index (χ0) is 16.8. The second-order valence-corrected chi connectivity index (χ2v) is 6.66. The van der Waals surface area contributed by atoms with Gasteiger partial charge in [-0.3, -0.25) is 14.9 Å². The second-order valence-electron chi connectivity index (χ2n) is 6.66. The van der Waals surface area contributed by atoms with Crippen molar-refractivity contribution in [3.8, 4) is 0 Å². The molecule has 0 spiro atoms. The zero-order valence-corrected chi connectivity index (χ0v) is 14.6. The van der Waals surface area contributed by atoms with Crippen LogP contribution in [0.5, 0.6) is 0 Å². The molecule has 1 aliphatic rings. The van der Waals surface area contributed by atoms with E-state index in [0.717, 1.165) is 25.9 Å². The maximum atomic E-state index is 5.72. The normalized spacial score (nSPS) is 21.8. The Balaban J connectivity index is 1.90. The van der Waals surface area contributed by atoms with Gasteiger partial charge in [0.15, 0.2) is 0 Å². The molecule has 0 bridgehead atoms. The molecule has 0 amide bonds. The Hall–Kier alpha value is -1.78. The lowest BCUT2D eigenvalue weighted by atomic mass is 9.89. The van der Waals surface area contributed by atoms with E-state index in [9.17, 15) is 0 Å². The van der Waals surface area contributed by atoms with E-state index in [1.165, 1.54) is 36.2 Å². The van der Waals surface area contributed by atoms with E-state index < -0.39 is 0 Å². The second kappa shape index (κ2) is 8.36. The Morgan fingerprint density at radius 2 is 1.88 bits per heavy atom. The summed E-state index contributed by atoms with van der Waals surface area (Å²) in [5, 5.41) is 0. The Bertz CT molecular complexity index is 629. The largest absolute Gasteiger partial charge is 0.330 e. The number of pyridine rings is 2. The number of hydrogen-bond donors (Lipinski definition) is 1. The summed E-state index contributed by atoms with van der Waals surface area (Å²) in [5.41, 5.74) is 9.41. The van der Waals surface area contributed by atoms with Gasteiger partial charge in [-0.15, -0.1) is 0 Å². The minimum atomic E-state index is 0.379. The number of hydrogen-bond acceptors (Lipinski definition) is 4. The number of piperidine rings is 1. The van der Waals surface area contributed by atoms with Gasteiger partial charge in [0.05, 0.1) is 23.5 Å². The van der Waals surface area contributed by atoms with Gasteiger partial charge in [0.1, 0.15) is 0 Å². The molecule has 2 aromatic rings. The molecule has 0 saturated carbocycles. The minimum absolute atomic E-state index is 0.379. The molecule has 4 heteroatoms. The molecule has 2 unspecified atom stereocenters. The molecule has 0 aromatic carbocycles. The van der Waals surface area contributed by atoms with Crippen molar-refractivity contribution >= 4 is 0 Å². The van der Waals surface area contributed by atoms with E-state index in [2.05, 4.69) is 35.0 Å². The highest BCUT2D eigenvalue weighted by Crippen LogP contribution is 2.41. The molecule has 1 fully saturated rings. The standard InChI is InChI=1S/C20H28N4/c1-16-8-7-14-23-20(16)19-11-6-10-18(17-9-2-4-13-22-17)24(19)15-5-3-12-21/h2,4,7-9,13-14,18-19H,3,5-6,10-12,15,21H2,1H3. The van der Waals surface area contributed by atoms with Crippen LogP contribution in [0.2, 0.25) is 0 Å². The summed E-state index contributed by atoms with van der Waals surface area (Å²) < 4.78 is 0. The van der Waals surface area contributed by atoms with Gasteiger partial charge in [0.25, 0.3) is 0 Å². The number of unbranched alkanes of at least 4 members (excludes halogenated alkanes) is 1. The maximum Gasteiger partial charge on any atom is 0.0604 e. The average Bonchev–Trinajstić information content (AvgIpc) is 2.63. The first-order valence-electron chi connectivity index (χ1n) is 9.09. The van der Waals surface area contributed by atoms with Crippen LogP contribution in [0.15, 0.2) is 42.7 Å². The fourth-order valence-electron chi connectivity index (χ4n) is 3.84. The van der Waals surface area contributed by atoms with Crippen molar-refractivity contribution in [2.75, 3.05) is 13.1 Å². The number of aromatic nitrogens is 2. The summed E-state index contributed by atoms with van der Waals surface area (Å²) in [7, 11) is 0. The third-order valence-corrected chi connectivity index (χ3v) is 5.02. The van der Waals surface area contributed by atoms with Gasteiger partial charge in [0, 0.05) is 12.4 Å². The highest BCUT2D eigenvalue weighted by atomic mass is 15.2. The first-order chi connectivity index (χ1) is 11.8. The monoisotopic (exact) mass is 324 g/mol. The molecule has 0 radical (unpaired) electrons. The topological polar surface area (TPSA) is 55.0 Å². The molecule has 2 aromatic heterocycles. The number of likely N-dealkylation sites (tertiary alicyclic amines) is 1. The van der Waals surface area contributed by atoms with Crippen molar-refractivity contribution in [3.05, 3.63) is 59.7 Å². The third-order valence-electron chi connectivity index (χ3n) is 5.02. The van der Waals surface area contributed by atoms with E-state index in [-0.39, 0.29) is 0 Å². The first kappa shape index (κ1) is 17.1. The zero-order valence-electron chi connectivity index (χ0n) is 14.6. The van der Waals surface area contributed by atoms with Gasteiger partial charge in [-0.25, -0.2) is 0 Å². The Kier molecular flexibility index (Phi) is 5.94. The summed E-state index contributed by atoms with van der Waals surface area (Å²) in [6.45, 7) is 3.99.